The van der Waals surface area contributed by atoms with Crippen LogP contribution in [0.25, 0.3) is 0 Å². The zero-order chi connectivity index (χ0) is 10.1. The van der Waals surface area contributed by atoms with Gasteiger partial charge in [0.05, 0.1) is 5.25 Å². The van der Waals surface area contributed by atoms with Crippen LogP contribution >= 0.6 is 11.8 Å². The summed E-state index contributed by atoms with van der Waals surface area (Å²) in [6.07, 6.45) is 0. The van der Waals surface area contributed by atoms with Gasteiger partial charge in [0.25, 0.3) is 0 Å². The summed E-state index contributed by atoms with van der Waals surface area (Å²) in [6.45, 7) is 4.50. The normalized spacial score (nSPS) is 27.1. The highest BCUT2D eigenvalue weighted by Crippen LogP contribution is 2.35. The predicted molar refractivity (Wildman–Crippen MR) is 63.1 cm³/mol. The monoisotopic (exact) mass is 206 g/mol. The average molecular weight is 206 g/mol. The van der Waals surface area contributed by atoms with Crippen LogP contribution in [-0.2, 0) is 0 Å². The maximum Gasteiger partial charge on any atom is 0.208 e. The molecule has 1 aliphatic rings. The van der Waals surface area contributed by atoms with E-state index in [2.05, 4.69) is 55.8 Å². The summed E-state index contributed by atoms with van der Waals surface area (Å²) >= 11 is 1.97. The van der Waals surface area contributed by atoms with Gasteiger partial charge in [-0.3, -0.25) is 0 Å². The van der Waals surface area contributed by atoms with Crippen molar-refractivity contribution in [1.29, 1.82) is 0 Å². The Morgan fingerprint density at radius 3 is 2.36 bits per heavy atom. The number of rotatable bonds is 1. The second kappa shape index (κ2) is 3.77. The van der Waals surface area contributed by atoms with E-state index < -0.39 is 0 Å². The summed E-state index contributed by atoms with van der Waals surface area (Å²) in [5, 5.41) is 2.08. The van der Waals surface area contributed by atoms with E-state index in [1.54, 1.807) is 0 Å². The van der Waals surface area contributed by atoms with Gasteiger partial charge in [-0.25, -0.2) is 4.58 Å². The third-order valence-corrected chi connectivity index (χ3v) is 4.11. The Labute approximate surface area is 89.8 Å². The highest BCUT2D eigenvalue weighted by atomic mass is 32.2. The summed E-state index contributed by atoms with van der Waals surface area (Å²) < 4.78 is 2.38. The number of benzene rings is 1. The summed E-state index contributed by atoms with van der Waals surface area (Å²) in [5.74, 6) is 0. The number of nitrogens with zero attached hydrogens (tertiary/aromatic N) is 1. The van der Waals surface area contributed by atoms with E-state index >= 15 is 0 Å². The quantitative estimate of drug-likeness (QED) is 0.638. The molecular weight excluding hydrogens is 190 g/mol. The van der Waals surface area contributed by atoms with E-state index in [9.17, 15) is 0 Å². The molecule has 2 atom stereocenters. The topological polar surface area (TPSA) is 3.01 Å². The SMILES string of the molecule is CC1=[N+](C)[C@@H](c2ccccc2)[C@@H](C)S1. The molecule has 0 amide bonds. The van der Waals surface area contributed by atoms with Crippen LogP contribution in [0.5, 0.6) is 0 Å². The zero-order valence-corrected chi connectivity index (χ0v) is 9.71. The van der Waals surface area contributed by atoms with Crippen molar-refractivity contribution in [2.45, 2.75) is 25.1 Å². The number of thioether (sulfide) groups is 1. The van der Waals surface area contributed by atoms with Gasteiger partial charge >= 0.3 is 0 Å². The van der Waals surface area contributed by atoms with Crippen molar-refractivity contribution in [1.82, 2.24) is 0 Å². The Hall–Kier alpha value is -0.760. The molecule has 0 spiro atoms. The minimum atomic E-state index is 0.543. The lowest BCUT2D eigenvalue weighted by Crippen LogP contribution is -2.17. The minimum absolute atomic E-state index is 0.543. The van der Waals surface area contributed by atoms with E-state index in [0.29, 0.717) is 11.3 Å². The Kier molecular flexibility index (Phi) is 2.64. The molecule has 0 saturated heterocycles. The van der Waals surface area contributed by atoms with Gasteiger partial charge in [0.1, 0.15) is 7.05 Å². The van der Waals surface area contributed by atoms with Gasteiger partial charge in [0.15, 0.2) is 6.04 Å². The highest BCUT2D eigenvalue weighted by molar-refractivity contribution is 8.14. The molecule has 1 aromatic carbocycles. The fourth-order valence-electron chi connectivity index (χ4n) is 2.07. The lowest BCUT2D eigenvalue weighted by atomic mass is 10.0. The maximum atomic E-state index is 2.38. The van der Waals surface area contributed by atoms with Crippen LogP contribution < -0.4 is 0 Å². The third kappa shape index (κ3) is 1.59. The van der Waals surface area contributed by atoms with Gasteiger partial charge in [-0.2, -0.15) is 0 Å². The average Bonchev–Trinajstić information content (AvgIpc) is 2.43. The first kappa shape index (κ1) is 9.78. The molecule has 1 aromatic rings. The molecular formula is C12H16NS+. The molecule has 74 valence electrons. The van der Waals surface area contributed by atoms with E-state index in [0.717, 1.165) is 0 Å². The van der Waals surface area contributed by atoms with Crippen LogP contribution in [0.15, 0.2) is 30.3 Å². The highest BCUT2D eigenvalue weighted by Gasteiger charge is 2.36. The summed E-state index contributed by atoms with van der Waals surface area (Å²) in [4.78, 5) is 0. The molecule has 0 radical (unpaired) electrons. The third-order valence-electron chi connectivity index (χ3n) is 2.86. The molecule has 0 unspecified atom stereocenters. The predicted octanol–water partition coefficient (Wildman–Crippen LogP) is 2.92. The number of hydrogen-bond donors (Lipinski definition) is 0. The molecule has 0 fully saturated rings. The summed E-state index contributed by atoms with van der Waals surface area (Å²) in [5.41, 5.74) is 1.42. The van der Waals surface area contributed by atoms with Crippen LogP contribution in [0.3, 0.4) is 0 Å². The van der Waals surface area contributed by atoms with Crippen molar-refractivity contribution < 1.29 is 4.58 Å². The molecule has 14 heavy (non-hydrogen) atoms. The smallest absolute Gasteiger partial charge is 0.208 e. The fraction of sp³-hybridized carbons (Fsp3) is 0.417. The van der Waals surface area contributed by atoms with Gasteiger partial charge in [-0.1, -0.05) is 42.1 Å². The Morgan fingerprint density at radius 1 is 1.21 bits per heavy atom. The molecule has 0 bridgehead atoms. The maximum absolute atomic E-state index is 2.38. The Balaban J connectivity index is 2.36. The first-order chi connectivity index (χ1) is 6.70. The summed E-state index contributed by atoms with van der Waals surface area (Å²) in [7, 11) is 2.18. The van der Waals surface area contributed by atoms with Gasteiger partial charge < -0.3 is 0 Å². The molecule has 2 heteroatoms. The Bertz CT molecular complexity index is 356. The van der Waals surface area contributed by atoms with Crippen molar-refractivity contribution in [3.63, 3.8) is 0 Å². The first-order valence-corrected chi connectivity index (χ1v) is 5.86. The summed E-state index contributed by atoms with van der Waals surface area (Å²) in [6, 6.07) is 11.3. The molecule has 1 nitrogen and oxygen atoms in total. The van der Waals surface area contributed by atoms with Crippen LogP contribution in [0.4, 0.5) is 0 Å². The second-order valence-electron chi connectivity index (χ2n) is 3.81. The molecule has 0 saturated carbocycles. The van der Waals surface area contributed by atoms with Crippen molar-refractivity contribution in [2.75, 3.05) is 7.05 Å². The van der Waals surface area contributed by atoms with Gasteiger partial charge in [-0.05, 0) is 6.92 Å². The molecule has 2 rings (SSSR count). The van der Waals surface area contributed by atoms with Crippen LogP contribution in [0.1, 0.15) is 25.5 Å². The second-order valence-corrected chi connectivity index (χ2v) is 5.38. The largest absolute Gasteiger partial charge is 0.223 e. The molecule has 0 aromatic heterocycles. The van der Waals surface area contributed by atoms with Crippen molar-refractivity contribution in [2.24, 2.45) is 0 Å². The molecule has 1 aliphatic heterocycles. The van der Waals surface area contributed by atoms with Crippen LogP contribution in [0, 0.1) is 0 Å². The van der Waals surface area contributed by atoms with Gasteiger partial charge in [-0.15, -0.1) is 0 Å². The molecule has 0 aliphatic carbocycles. The zero-order valence-electron chi connectivity index (χ0n) is 8.90. The van der Waals surface area contributed by atoms with E-state index in [1.807, 2.05) is 11.8 Å². The van der Waals surface area contributed by atoms with Crippen molar-refractivity contribution in [3.8, 4) is 0 Å². The minimum Gasteiger partial charge on any atom is -0.223 e. The van der Waals surface area contributed by atoms with Gasteiger partial charge in [0, 0.05) is 12.5 Å². The van der Waals surface area contributed by atoms with E-state index in [1.165, 1.54) is 10.6 Å². The van der Waals surface area contributed by atoms with E-state index in [4.69, 9.17) is 0 Å². The first-order valence-electron chi connectivity index (χ1n) is 4.98. The van der Waals surface area contributed by atoms with Crippen molar-refractivity contribution >= 4 is 16.8 Å². The van der Waals surface area contributed by atoms with E-state index in [-0.39, 0.29) is 0 Å². The standard InChI is InChI=1S/C12H16NS/c1-9-12(13(3)10(2)14-9)11-7-5-4-6-8-11/h4-9,12H,1-3H3/q+1/t9-,12-/m1/s1. The number of hydrogen-bond acceptors (Lipinski definition) is 1. The lowest BCUT2D eigenvalue weighted by Gasteiger charge is -2.11. The lowest BCUT2D eigenvalue weighted by molar-refractivity contribution is -0.537. The molecule has 0 N–H and O–H groups in total. The van der Waals surface area contributed by atoms with Crippen molar-refractivity contribution in [3.05, 3.63) is 35.9 Å². The van der Waals surface area contributed by atoms with Crippen LogP contribution in [-0.4, -0.2) is 21.9 Å². The Morgan fingerprint density at radius 2 is 1.86 bits per heavy atom. The van der Waals surface area contributed by atoms with Crippen LogP contribution in [0.2, 0.25) is 0 Å². The van der Waals surface area contributed by atoms with Gasteiger partial charge in [0.2, 0.25) is 5.04 Å². The fourth-order valence-corrected chi connectivity index (χ4v) is 3.36. The molecule has 1 heterocycles.